The van der Waals surface area contributed by atoms with E-state index in [1.165, 1.54) is 5.69 Å². The number of likely N-dealkylation sites (tertiary alicyclic amines) is 1. The Kier molecular flexibility index (Phi) is 13.4. The third-order valence-electron chi connectivity index (χ3n) is 16.9. The number of aryl methyl sites for hydroxylation is 2. The highest BCUT2D eigenvalue weighted by molar-refractivity contribution is 6.31. The molecular weight excluding hydrogens is 936 g/mol. The number of carbonyl (C=O) groups is 2. The highest BCUT2D eigenvalue weighted by Crippen LogP contribution is 2.56. The van der Waals surface area contributed by atoms with Crippen molar-refractivity contribution in [1.82, 2.24) is 44.6 Å². The van der Waals surface area contributed by atoms with Gasteiger partial charge < -0.3 is 24.8 Å². The van der Waals surface area contributed by atoms with Gasteiger partial charge in [-0.3, -0.25) is 19.0 Å². The van der Waals surface area contributed by atoms with Crippen LogP contribution in [0.1, 0.15) is 142 Å². The topological polar surface area (TPSA) is 150 Å². The van der Waals surface area contributed by atoms with E-state index in [1.54, 1.807) is 67.7 Å². The molecule has 380 valence electrons. The van der Waals surface area contributed by atoms with E-state index < -0.39 is 17.3 Å². The molecule has 3 aliphatic heterocycles. The first-order valence-corrected chi connectivity index (χ1v) is 26.0. The van der Waals surface area contributed by atoms with E-state index in [1.807, 2.05) is 11.0 Å². The summed E-state index contributed by atoms with van der Waals surface area (Å²) in [7, 11) is 1.80. The molecule has 5 aliphatic rings. The normalized spacial score (nSPS) is 24.0. The lowest BCUT2D eigenvalue weighted by atomic mass is 9.49. The predicted molar refractivity (Wildman–Crippen MR) is 271 cm³/mol. The van der Waals surface area contributed by atoms with Crippen molar-refractivity contribution in [3.63, 3.8) is 0 Å². The van der Waals surface area contributed by atoms with Gasteiger partial charge in [0.2, 0.25) is 11.9 Å². The predicted octanol–water partition coefficient (Wildman–Crippen LogP) is 9.32. The highest BCUT2D eigenvalue weighted by Gasteiger charge is 2.64. The van der Waals surface area contributed by atoms with Gasteiger partial charge in [0.15, 0.2) is 0 Å². The molecule has 14 nitrogen and oxygen atoms in total. The number of hydrogen-bond acceptors (Lipinski definition) is 10. The van der Waals surface area contributed by atoms with Crippen molar-refractivity contribution in [1.29, 1.82) is 5.26 Å². The van der Waals surface area contributed by atoms with Crippen LogP contribution in [0.5, 0.6) is 5.75 Å². The van der Waals surface area contributed by atoms with Crippen LogP contribution >= 0.6 is 11.6 Å². The molecule has 1 saturated carbocycles. The van der Waals surface area contributed by atoms with Crippen LogP contribution in [-0.2, 0) is 31.2 Å². The Morgan fingerprint density at radius 3 is 2.39 bits per heavy atom. The molecule has 0 bridgehead atoms. The Balaban J connectivity index is 0.757. The number of amides is 2. The van der Waals surface area contributed by atoms with E-state index >= 15 is 0 Å². The van der Waals surface area contributed by atoms with Crippen molar-refractivity contribution in [2.24, 2.45) is 29.7 Å². The van der Waals surface area contributed by atoms with Crippen LogP contribution < -0.4 is 15.0 Å². The van der Waals surface area contributed by atoms with Crippen LogP contribution in [0.2, 0.25) is 5.02 Å². The Bertz CT molecular complexity index is 2890. The summed E-state index contributed by atoms with van der Waals surface area (Å²) in [6.07, 6.45) is 10.1. The van der Waals surface area contributed by atoms with Crippen LogP contribution in [0.25, 0.3) is 11.1 Å². The van der Waals surface area contributed by atoms with Gasteiger partial charge in [-0.05, 0) is 85.3 Å². The van der Waals surface area contributed by atoms with Crippen molar-refractivity contribution in [3.8, 4) is 22.9 Å². The highest BCUT2D eigenvalue weighted by atomic mass is 35.5. The molecule has 17 heteroatoms. The van der Waals surface area contributed by atoms with Crippen LogP contribution in [0.4, 0.5) is 14.7 Å². The van der Waals surface area contributed by atoms with Gasteiger partial charge in [0.25, 0.3) is 12.3 Å². The molecule has 3 atom stereocenters. The van der Waals surface area contributed by atoms with Crippen molar-refractivity contribution in [2.45, 2.75) is 124 Å². The molecule has 6 heterocycles. The number of alkyl halides is 2. The number of halogens is 3. The summed E-state index contributed by atoms with van der Waals surface area (Å²) in [6, 6.07) is 10.9. The Morgan fingerprint density at radius 2 is 1.74 bits per heavy atom. The average molecular weight is 1000 g/mol. The zero-order chi connectivity index (χ0) is 50.8. The number of carbonyl (C=O) groups excluding carboxylic acids is 2. The van der Waals surface area contributed by atoms with Gasteiger partial charge in [-0.15, -0.1) is 0 Å². The fraction of sp³-hybridized carbons (Fsp3) is 0.545. The van der Waals surface area contributed by atoms with E-state index in [0.717, 1.165) is 100 Å². The quantitative estimate of drug-likeness (QED) is 0.136. The first-order valence-electron chi connectivity index (χ1n) is 25.7. The molecule has 0 spiro atoms. The molecule has 2 aromatic carbocycles. The summed E-state index contributed by atoms with van der Waals surface area (Å²) < 4.78 is 40.0. The minimum atomic E-state index is -2.64. The molecule has 2 saturated heterocycles. The maximum atomic E-state index is 14.8. The fourth-order valence-electron chi connectivity index (χ4n) is 13.2. The van der Waals surface area contributed by atoms with Gasteiger partial charge in [-0.1, -0.05) is 52.3 Å². The van der Waals surface area contributed by atoms with Crippen molar-refractivity contribution in [2.75, 3.05) is 44.2 Å². The molecule has 2 unspecified atom stereocenters. The minimum Gasteiger partial charge on any atom is -0.489 e. The number of piperidine rings is 2. The molecule has 2 amide bonds. The molecule has 10 rings (SSSR count). The van der Waals surface area contributed by atoms with Crippen LogP contribution in [0.3, 0.4) is 0 Å². The largest absolute Gasteiger partial charge is 0.489 e. The number of hydrogen-bond donors (Lipinski definition) is 1. The SMILES string of the molecule is CC(=O)N1CCc2c(c(C3CCCc4cc(-c5cnn(C)c5)c(C(F)F)cc43)nn2C2CCN(CC3CCN(c4ncc(C(=O)NC5C(C)(C)C(Oc6ccc(C#N)c(Cl)c6)C5(C)C)cn4)C[C@@H]3C)CC2)C1. The number of fused-ring (bicyclic) bond motifs is 2. The minimum absolute atomic E-state index is 0.0259. The van der Waals surface area contributed by atoms with E-state index in [0.29, 0.717) is 63.9 Å². The van der Waals surface area contributed by atoms with Gasteiger partial charge in [0.1, 0.15) is 17.9 Å². The summed E-state index contributed by atoms with van der Waals surface area (Å²) in [6.45, 7) is 18.0. The molecule has 3 aromatic heterocycles. The number of aromatic nitrogens is 6. The van der Waals surface area contributed by atoms with Crippen molar-refractivity contribution >= 4 is 29.4 Å². The van der Waals surface area contributed by atoms with E-state index in [2.05, 4.69) is 75.6 Å². The molecule has 0 radical (unpaired) electrons. The van der Waals surface area contributed by atoms with Gasteiger partial charge in [-0.2, -0.15) is 15.5 Å². The lowest BCUT2D eigenvalue weighted by Crippen LogP contribution is -2.74. The molecule has 2 aliphatic carbocycles. The number of nitrogens with one attached hydrogen (secondary N) is 1. The average Bonchev–Trinajstić information content (AvgIpc) is 3.98. The maximum absolute atomic E-state index is 14.8. The van der Waals surface area contributed by atoms with Crippen molar-refractivity contribution < 1.29 is 23.1 Å². The van der Waals surface area contributed by atoms with Crippen LogP contribution in [-0.4, -0.2) is 103 Å². The Morgan fingerprint density at radius 1 is 0.986 bits per heavy atom. The zero-order valence-corrected chi connectivity index (χ0v) is 43.2. The lowest BCUT2D eigenvalue weighted by Gasteiger charge is -2.63. The standard InChI is InChI=1S/C55H66ClF2N11O3/c1-32-28-68(53-60-25-37(26-61-53)50(71)63-51-54(3,4)52(55(51,5)6)72-40-12-11-35(24-59)46(56)22-40)19-13-36(32)30-66-17-14-39(15-18-66)69-47-16-20-67(33(2)70)31-45(47)48(64-69)41-10-8-9-34-21-42(38-27-62-65(7)29-38)44(49(57)58)23-43(34)41/h11-12,21-23,25-27,29,32,36,39,41,49,51-52H,8-10,13-20,28,30-31H2,1-7H3,(H,63,71)/t32-,36?,41?,51?,52?/m0/s1. The summed E-state index contributed by atoms with van der Waals surface area (Å²) >= 11 is 6.28. The third-order valence-corrected chi connectivity index (χ3v) is 17.2. The van der Waals surface area contributed by atoms with Gasteiger partial charge in [-0.25, -0.2) is 18.7 Å². The van der Waals surface area contributed by atoms with Gasteiger partial charge in [0.05, 0.1) is 34.1 Å². The second-order valence-electron chi connectivity index (χ2n) is 22.3. The smallest absolute Gasteiger partial charge is 0.264 e. The van der Waals surface area contributed by atoms with Crippen molar-refractivity contribution in [3.05, 3.63) is 105 Å². The number of nitriles is 1. The Labute approximate surface area is 426 Å². The lowest BCUT2D eigenvalue weighted by molar-refractivity contribution is -0.164. The summed E-state index contributed by atoms with van der Waals surface area (Å²) in [5.74, 6) is 1.83. The fourth-order valence-corrected chi connectivity index (χ4v) is 13.4. The first-order chi connectivity index (χ1) is 34.4. The third kappa shape index (κ3) is 9.24. The molecule has 1 N–H and O–H groups in total. The van der Waals surface area contributed by atoms with E-state index in [9.17, 15) is 23.6 Å². The second-order valence-corrected chi connectivity index (χ2v) is 22.7. The first kappa shape index (κ1) is 49.6. The summed E-state index contributed by atoms with van der Waals surface area (Å²) in [5.41, 5.74) is 6.53. The number of rotatable bonds is 11. The number of benzene rings is 2. The number of anilines is 1. The summed E-state index contributed by atoms with van der Waals surface area (Å²) in [5, 5.41) is 22.6. The van der Waals surface area contributed by atoms with Crippen LogP contribution in [0.15, 0.2) is 55.1 Å². The second kappa shape index (κ2) is 19.5. The number of nitrogens with zero attached hydrogens (tertiary/aromatic N) is 10. The summed E-state index contributed by atoms with van der Waals surface area (Å²) in [4.78, 5) is 42.5. The van der Waals surface area contributed by atoms with E-state index in [4.69, 9.17) is 21.4 Å². The molecular formula is C55H66ClF2N11O3. The molecule has 72 heavy (non-hydrogen) atoms. The monoisotopic (exact) mass is 1000 g/mol. The number of ether oxygens (including phenoxy) is 1. The molecule has 5 aromatic rings. The maximum Gasteiger partial charge on any atom is 0.264 e. The zero-order valence-electron chi connectivity index (χ0n) is 42.5. The van der Waals surface area contributed by atoms with Gasteiger partial charge >= 0.3 is 0 Å². The van der Waals surface area contributed by atoms with Gasteiger partial charge in [0, 0.05) is 136 Å². The molecule has 3 fully saturated rings. The van der Waals surface area contributed by atoms with E-state index in [-0.39, 0.29) is 41.5 Å². The van der Waals surface area contributed by atoms with Crippen LogP contribution in [0, 0.1) is 34.0 Å². The Hall–Kier alpha value is -5.92.